The van der Waals surface area contributed by atoms with E-state index in [0.717, 1.165) is 31.1 Å². The number of nitrogens with zero attached hydrogens (tertiary/aromatic N) is 2. The van der Waals surface area contributed by atoms with Gasteiger partial charge in [0.25, 0.3) is 0 Å². The molecule has 0 radical (unpaired) electrons. The predicted octanol–water partition coefficient (Wildman–Crippen LogP) is 5.75. The van der Waals surface area contributed by atoms with Gasteiger partial charge in [0.1, 0.15) is 5.82 Å². The topological polar surface area (TPSA) is 111 Å². The number of nitrogens with one attached hydrogen (secondary N) is 5. The molecule has 2 aliphatic heterocycles. The van der Waals surface area contributed by atoms with Crippen molar-refractivity contribution >= 4 is 5.91 Å². The summed E-state index contributed by atoms with van der Waals surface area (Å²) in [6.07, 6.45) is 23.0. The first kappa shape index (κ1) is 29.8. The molecule has 8 nitrogen and oxygen atoms in total. The molecular weight excluding hydrogens is 486 g/mol. The SMILES string of the molecule is CC.CC1CCC(c2cnc([C@@H](CC3CCCCN3)NC(=O)C3CC4CCCCC4N3)[nH]2)CC1.c1c[nH]cn1. The Balaban J connectivity index is 0.000000447. The summed E-state index contributed by atoms with van der Waals surface area (Å²) in [7, 11) is 0. The van der Waals surface area contributed by atoms with Crippen molar-refractivity contribution in [1.29, 1.82) is 0 Å². The van der Waals surface area contributed by atoms with Gasteiger partial charge in [-0.15, -0.1) is 0 Å². The molecule has 5 N–H and O–H groups in total. The van der Waals surface area contributed by atoms with E-state index in [1.54, 1.807) is 18.7 Å². The molecule has 4 heterocycles. The van der Waals surface area contributed by atoms with Crippen LogP contribution in [0.3, 0.4) is 0 Å². The smallest absolute Gasteiger partial charge is 0.237 e. The van der Waals surface area contributed by atoms with Crippen molar-refractivity contribution in [2.75, 3.05) is 6.54 Å². The lowest BCUT2D eigenvalue weighted by molar-refractivity contribution is -0.123. The van der Waals surface area contributed by atoms with E-state index in [4.69, 9.17) is 4.98 Å². The molecule has 2 saturated carbocycles. The molecule has 0 bridgehead atoms. The van der Waals surface area contributed by atoms with Crippen LogP contribution in [0.15, 0.2) is 24.9 Å². The van der Waals surface area contributed by atoms with E-state index in [1.165, 1.54) is 76.3 Å². The summed E-state index contributed by atoms with van der Waals surface area (Å²) >= 11 is 0. The minimum Gasteiger partial charge on any atom is -0.351 e. The van der Waals surface area contributed by atoms with Gasteiger partial charge in [-0.05, 0) is 69.7 Å². The number of amides is 1. The molecular formula is C31H53N7O. The summed E-state index contributed by atoms with van der Waals surface area (Å²) in [5, 5.41) is 10.7. The van der Waals surface area contributed by atoms with Crippen LogP contribution in [0.5, 0.6) is 0 Å². The van der Waals surface area contributed by atoms with Crippen molar-refractivity contribution in [2.24, 2.45) is 11.8 Å². The lowest BCUT2D eigenvalue weighted by atomic mass is 9.82. The first-order chi connectivity index (χ1) is 19.2. The van der Waals surface area contributed by atoms with Crippen molar-refractivity contribution in [3.63, 3.8) is 0 Å². The zero-order valence-corrected chi connectivity index (χ0v) is 24.6. The summed E-state index contributed by atoms with van der Waals surface area (Å²) in [5.41, 5.74) is 1.27. The fourth-order valence-electron chi connectivity index (χ4n) is 6.96. The molecule has 4 unspecified atom stereocenters. The van der Waals surface area contributed by atoms with E-state index in [0.29, 0.717) is 23.9 Å². The molecule has 1 amide bonds. The van der Waals surface area contributed by atoms with Gasteiger partial charge in [0, 0.05) is 42.3 Å². The first-order valence-corrected chi connectivity index (χ1v) is 15.9. The number of hydrogen-bond donors (Lipinski definition) is 5. The first-order valence-electron chi connectivity index (χ1n) is 15.9. The standard InChI is InChI=1S/C26H43N5O.C3H4N2.C2H6/c1-17-9-11-18(12-10-17)24-16-28-25(30-24)22(15-20-7-4-5-13-27-20)31-26(32)23-14-19-6-2-3-8-21(19)29-23;1-2-5-3-4-1;1-2/h16-23,27,29H,2-15H2,1H3,(H,28,30)(H,31,32);1-3H,(H,4,5);1-2H3/t17?,18?,19?,20?,21?,22-,23?;;/m1../s1. The van der Waals surface area contributed by atoms with E-state index in [-0.39, 0.29) is 18.0 Å². The monoisotopic (exact) mass is 539 g/mol. The molecule has 8 heteroatoms. The zero-order valence-electron chi connectivity index (χ0n) is 24.6. The Morgan fingerprint density at radius 1 is 1.05 bits per heavy atom. The van der Waals surface area contributed by atoms with Gasteiger partial charge in [-0.3, -0.25) is 4.79 Å². The van der Waals surface area contributed by atoms with Gasteiger partial charge in [0.05, 0.1) is 18.4 Å². The number of carbonyl (C=O) groups excluding carboxylic acids is 1. The minimum atomic E-state index is -0.0428. The average Bonchev–Trinajstić information content (AvgIpc) is 3.77. The van der Waals surface area contributed by atoms with Gasteiger partial charge in [-0.25, -0.2) is 9.97 Å². The second-order valence-corrected chi connectivity index (χ2v) is 12.0. The third-order valence-electron chi connectivity index (χ3n) is 9.24. The van der Waals surface area contributed by atoms with Gasteiger partial charge >= 0.3 is 0 Å². The molecule has 2 aromatic heterocycles. The fourth-order valence-corrected chi connectivity index (χ4v) is 6.96. The number of imidazole rings is 2. The van der Waals surface area contributed by atoms with E-state index < -0.39 is 0 Å². The molecule has 0 spiro atoms. The maximum Gasteiger partial charge on any atom is 0.237 e. The van der Waals surface area contributed by atoms with Crippen molar-refractivity contribution < 1.29 is 4.79 Å². The molecule has 39 heavy (non-hydrogen) atoms. The molecule has 2 saturated heterocycles. The molecule has 2 aliphatic carbocycles. The normalized spacial score (nSPS) is 31.1. The third-order valence-corrected chi connectivity index (χ3v) is 9.24. The van der Waals surface area contributed by atoms with E-state index in [9.17, 15) is 4.79 Å². The Morgan fingerprint density at radius 2 is 1.85 bits per heavy atom. The van der Waals surface area contributed by atoms with Gasteiger partial charge < -0.3 is 25.9 Å². The number of carbonyl (C=O) groups is 1. The Kier molecular flexibility index (Phi) is 11.9. The van der Waals surface area contributed by atoms with Gasteiger partial charge in [0.2, 0.25) is 5.91 Å². The lowest BCUT2D eigenvalue weighted by Crippen LogP contribution is -2.46. The van der Waals surface area contributed by atoms with Crippen LogP contribution in [0.1, 0.15) is 128 Å². The molecule has 4 aliphatic rings. The molecule has 4 fully saturated rings. The summed E-state index contributed by atoms with van der Waals surface area (Å²) in [4.78, 5) is 28.2. The van der Waals surface area contributed by atoms with E-state index in [2.05, 4.69) is 37.8 Å². The van der Waals surface area contributed by atoms with Crippen LogP contribution >= 0.6 is 0 Å². The highest BCUT2D eigenvalue weighted by atomic mass is 16.2. The number of rotatable bonds is 6. The molecule has 0 aromatic carbocycles. The Hall–Kier alpha value is -2.19. The summed E-state index contributed by atoms with van der Waals surface area (Å²) in [6.45, 7) is 7.45. The quantitative estimate of drug-likeness (QED) is 0.321. The van der Waals surface area contributed by atoms with Crippen molar-refractivity contribution in [1.82, 2.24) is 35.9 Å². The van der Waals surface area contributed by atoms with Crippen molar-refractivity contribution in [3.8, 4) is 0 Å². The zero-order chi connectivity index (χ0) is 27.5. The molecule has 2 aromatic rings. The van der Waals surface area contributed by atoms with Crippen LogP contribution in [-0.4, -0.2) is 50.5 Å². The molecule has 218 valence electrons. The van der Waals surface area contributed by atoms with Crippen LogP contribution in [0.25, 0.3) is 0 Å². The molecule has 5 atom stereocenters. The number of piperidine rings is 1. The second-order valence-electron chi connectivity index (χ2n) is 12.0. The number of fused-ring (bicyclic) bond motifs is 1. The molecule has 6 rings (SSSR count). The van der Waals surface area contributed by atoms with Crippen LogP contribution in [0.2, 0.25) is 0 Å². The Morgan fingerprint density at radius 3 is 2.51 bits per heavy atom. The van der Waals surface area contributed by atoms with Crippen LogP contribution in [0.4, 0.5) is 0 Å². The largest absolute Gasteiger partial charge is 0.351 e. The fraction of sp³-hybridized carbons (Fsp3) is 0.774. The van der Waals surface area contributed by atoms with Crippen LogP contribution < -0.4 is 16.0 Å². The average molecular weight is 540 g/mol. The highest BCUT2D eigenvalue weighted by molar-refractivity contribution is 5.82. The Labute approximate surface area is 235 Å². The minimum absolute atomic E-state index is 0.0424. The predicted molar refractivity (Wildman–Crippen MR) is 157 cm³/mol. The lowest BCUT2D eigenvalue weighted by Gasteiger charge is -2.28. The summed E-state index contributed by atoms with van der Waals surface area (Å²) in [5.74, 6) is 3.25. The number of aromatic amines is 2. The summed E-state index contributed by atoms with van der Waals surface area (Å²) in [6, 6.07) is 0.914. The summed E-state index contributed by atoms with van der Waals surface area (Å²) < 4.78 is 0. The van der Waals surface area contributed by atoms with Crippen LogP contribution in [0, 0.1) is 11.8 Å². The van der Waals surface area contributed by atoms with E-state index in [1.807, 2.05) is 20.0 Å². The van der Waals surface area contributed by atoms with Crippen LogP contribution in [-0.2, 0) is 4.79 Å². The highest BCUT2D eigenvalue weighted by Gasteiger charge is 2.39. The highest BCUT2D eigenvalue weighted by Crippen LogP contribution is 2.36. The maximum absolute atomic E-state index is 13.3. The maximum atomic E-state index is 13.3. The second kappa shape index (κ2) is 15.6. The third kappa shape index (κ3) is 8.65. The van der Waals surface area contributed by atoms with Crippen molar-refractivity contribution in [2.45, 2.75) is 134 Å². The van der Waals surface area contributed by atoms with E-state index >= 15 is 0 Å². The van der Waals surface area contributed by atoms with Crippen molar-refractivity contribution in [3.05, 3.63) is 36.4 Å². The van der Waals surface area contributed by atoms with Gasteiger partial charge in [-0.1, -0.05) is 52.9 Å². The number of H-pyrrole nitrogens is 2. The van der Waals surface area contributed by atoms with Gasteiger partial charge in [-0.2, -0.15) is 0 Å². The Bertz CT molecular complexity index is 899. The number of aromatic nitrogens is 4. The van der Waals surface area contributed by atoms with Gasteiger partial charge in [0.15, 0.2) is 0 Å². The number of hydrogen-bond acceptors (Lipinski definition) is 5.